The average Bonchev–Trinajstić information content (AvgIpc) is 2.69. The Kier molecular flexibility index (Phi) is 8.75. The van der Waals surface area contributed by atoms with E-state index in [-0.39, 0.29) is 11.9 Å². The molecule has 0 aliphatic carbocycles. The number of rotatable bonds is 9. The van der Waals surface area contributed by atoms with Crippen LogP contribution in [0.4, 0.5) is 5.69 Å². The van der Waals surface area contributed by atoms with Gasteiger partial charge >= 0.3 is 5.97 Å². The van der Waals surface area contributed by atoms with Gasteiger partial charge < -0.3 is 9.64 Å². The van der Waals surface area contributed by atoms with Gasteiger partial charge in [-0.3, -0.25) is 4.79 Å². The molecule has 0 atom stereocenters. The van der Waals surface area contributed by atoms with E-state index in [9.17, 15) is 4.79 Å². The maximum atomic E-state index is 11.8. The number of aryl methyl sites for hydroxylation is 1. The molecular weight excluding hydrogens is 376 g/mol. The molecule has 2 rings (SSSR count). The summed E-state index contributed by atoms with van der Waals surface area (Å²) in [7, 11) is 3.99. The second-order valence-electron chi connectivity index (χ2n) is 6.37. The Morgan fingerprint density at radius 3 is 2.19 bits per heavy atom. The summed E-state index contributed by atoms with van der Waals surface area (Å²) in [5.41, 5.74) is 3.38. The molecule has 0 N–H and O–H groups in total. The van der Waals surface area contributed by atoms with Crippen molar-refractivity contribution in [1.29, 1.82) is 0 Å². The first-order valence-electron chi connectivity index (χ1n) is 8.86. The largest absolute Gasteiger partial charge is 0.464 e. The zero-order valence-corrected chi connectivity index (χ0v) is 17.6. The predicted molar refractivity (Wildman–Crippen MR) is 118 cm³/mol. The lowest BCUT2D eigenvalue weighted by atomic mass is 10.1. The molecule has 2 aromatic rings. The number of pyridine rings is 1. The summed E-state index contributed by atoms with van der Waals surface area (Å²) in [6, 6.07) is 12.4. The molecule has 0 amide bonds. The van der Waals surface area contributed by atoms with Crippen molar-refractivity contribution >= 4 is 49.1 Å². The first kappa shape index (κ1) is 21.4. The van der Waals surface area contributed by atoms with E-state index in [1.54, 1.807) is 0 Å². The van der Waals surface area contributed by atoms with Gasteiger partial charge in [-0.25, -0.2) is 4.57 Å². The third kappa shape index (κ3) is 6.96. The molecule has 0 radical (unpaired) electrons. The normalized spacial score (nSPS) is 11.1. The number of nitrogens with zero attached hydrogens (tertiary/aromatic N) is 2. The number of likely N-dealkylation sites (N-methyl/N-ethyl adjacent to an activating group) is 1. The molecule has 0 unspecified atom stereocenters. The first-order valence-corrected chi connectivity index (χ1v) is 10.1. The second-order valence-corrected chi connectivity index (χ2v) is 7.10. The molecule has 0 saturated heterocycles. The summed E-state index contributed by atoms with van der Waals surface area (Å²) in [4.78, 5) is 13.9. The minimum Gasteiger partial charge on any atom is -0.464 e. The third-order valence-electron chi connectivity index (χ3n) is 4.25. The molecule has 0 aliphatic heterocycles. The monoisotopic (exact) mass is 403 g/mol. The number of benzene rings is 1. The standard InChI is InChI=1S/C21H26N2O2S2/c1-22-11-9-18(10-12-22)4-3-17-5-7-20(8-6-17)23(2)13-14-25-21(24)19(15-26)16-27/h3-12,19H,13-16H2,1-2H3,(H-,26,27)/p+1. The molecule has 0 spiro atoms. The average molecular weight is 404 g/mol. The Morgan fingerprint density at radius 2 is 1.63 bits per heavy atom. The highest BCUT2D eigenvalue weighted by Crippen LogP contribution is 2.15. The lowest BCUT2D eigenvalue weighted by Gasteiger charge is -2.20. The number of aromatic nitrogens is 1. The predicted octanol–water partition coefficient (Wildman–Crippen LogP) is 3.14. The number of anilines is 1. The van der Waals surface area contributed by atoms with Gasteiger partial charge in [-0.15, -0.1) is 0 Å². The van der Waals surface area contributed by atoms with Crippen LogP contribution in [0.25, 0.3) is 12.2 Å². The van der Waals surface area contributed by atoms with Crippen LogP contribution in [-0.2, 0) is 16.6 Å². The lowest BCUT2D eigenvalue weighted by molar-refractivity contribution is -0.671. The molecule has 4 nitrogen and oxygen atoms in total. The van der Waals surface area contributed by atoms with Crippen molar-refractivity contribution in [3.05, 3.63) is 59.9 Å². The quantitative estimate of drug-likeness (QED) is 0.383. The molecule has 0 bridgehead atoms. The van der Waals surface area contributed by atoms with Crippen LogP contribution in [0.5, 0.6) is 0 Å². The molecule has 144 valence electrons. The van der Waals surface area contributed by atoms with Gasteiger partial charge in [0.05, 0.1) is 12.5 Å². The summed E-state index contributed by atoms with van der Waals surface area (Å²) < 4.78 is 7.32. The Hall–Kier alpha value is -1.92. The number of ether oxygens (including phenoxy) is 1. The molecule has 0 saturated carbocycles. The maximum Gasteiger partial charge on any atom is 0.310 e. The van der Waals surface area contributed by atoms with Crippen LogP contribution in [0.2, 0.25) is 0 Å². The molecule has 6 heteroatoms. The summed E-state index contributed by atoms with van der Waals surface area (Å²) >= 11 is 8.29. The summed E-state index contributed by atoms with van der Waals surface area (Å²) in [6.45, 7) is 0.980. The van der Waals surface area contributed by atoms with Crippen LogP contribution < -0.4 is 9.47 Å². The van der Waals surface area contributed by atoms with Gasteiger partial charge in [0.2, 0.25) is 0 Å². The van der Waals surface area contributed by atoms with E-state index in [0.29, 0.717) is 24.7 Å². The van der Waals surface area contributed by atoms with E-state index in [1.807, 2.05) is 31.1 Å². The van der Waals surface area contributed by atoms with Crippen molar-refractivity contribution in [2.45, 2.75) is 0 Å². The minimum atomic E-state index is -0.250. The van der Waals surface area contributed by atoms with E-state index in [2.05, 4.69) is 78.7 Å². The smallest absolute Gasteiger partial charge is 0.310 e. The molecule has 1 heterocycles. The van der Waals surface area contributed by atoms with E-state index >= 15 is 0 Å². The third-order valence-corrected chi connectivity index (χ3v) is 5.13. The van der Waals surface area contributed by atoms with E-state index in [4.69, 9.17) is 4.74 Å². The van der Waals surface area contributed by atoms with Gasteiger partial charge in [-0.2, -0.15) is 25.3 Å². The first-order chi connectivity index (χ1) is 13.0. The van der Waals surface area contributed by atoms with Crippen LogP contribution in [0.3, 0.4) is 0 Å². The molecule has 1 aromatic heterocycles. The maximum absolute atomic E-state index is 11.8. The second kappa shape index (κ2) is 11.0. The topological polar surface area (TPSA) is 33.4 Å². The van der Waals surface area contributed by atoms with Crippen molar-refractivity contribution in [1.82, 2.24) is 0 Å². The molecule has 0 aliphatic rings. The highest BCUT2D eigenvalue weighted by Gasteiger charge is 2.16. The summed E-state index contributed by atoms with van der Waals surface area (Å²) in [5, 5.41) is 0. The van der Waals surface area contributed by atoms with Crippen molar-refractivity contribution < 1.29 is 14.1 Å². The number of carbonyl (C=O) groups excluding carboxylic acids is 1. The molecular formula is C21H27N2O2S2+. The number of carbonyl (C=O) groups is 1. The Labute approximate surface area is 172 Å². The Morgan fingerprint density at radius 1 is 1.07 bits per heavy atom. The van der Waals surface area contributed by atoms with E-state index in [0.717, 1.165) is 16.8 Å². The molecule has 0 fully saturated rings. The van der Waals surface area contributed by atoms with Crippen molar-refractivity contribution in [3.63, 3.8) is 0 Å². The van der Waals surface area contributed by atoms with Gasteiger partial charge in [-0.1, -0.05) is 24.3 Å². The van der Waals surface area contributed by atoms with Gasteiger partial charge in [0.1, 0.15) is 13.7 Å². The number of thiol groups is 2. The zero-order valence-electron chi connectivity index (χ0n) is 15.8. The van der Waals surface area contributed by atoms with Crippen molar-refractivity contribution in [2.24, 2.45) is 13.0 Å². The SMILES string of the molecule is CN(CCOC(=O)C(CS)CS)c1ccc(C=Cc2cc[n+](C)cc2)cc1. The minimum absolute atomic E-state index is 0.233. The van der Waals surface area contributed by atoms with Crippen LogP contribution >= 0.6 is 25.3 Å². The van der Waals surface area contributed by atoms with Gasteiger partial charge in [-0.05, 0) is 23.3 Å². The molecule has 1 aromatic carbocycles. The Bertz CT molecular complexity index is 742. The Balaban J connectivity index is 1.85. The van der Waals surface area contributed by atoms with Crippen LogP contribution in [0, 0.1) is 5.92 Å². The fraction of sp³-hybridized carbons (Fsp3) is 0.333. The summed E-state index contributed by atoms with van der Waals surface area (Å²) in [5.74, 6) is 0.423. The van der Waals surface area contributed by atoms with Gasteiger partial charge in [0, 0.05) is 36.4 Å². The fourth-order valence-corrected chi connectivity index (χ4v) is 3.15. The van der Waals surface area contributed by atoms with Gasteiger partial charge in [0.25, 0.3) is 0 Å². The van der Waals surface area contributed by atoms with Crippen LogP contribution in [-0.4, -0.2) is 37.7 Å². The van der Waals surface area contributed by atoms with Gasteiger partial charge in [0.15, 0.2) is 12.4 Å². The fourth-order valence-electron chi connectivity index (χ4n) is 2.39. The number of esters is 1. The summed E-state index contributed by atoms with van der Waals surface area (Å²) in [6.07, 6.45) is 8.24. The number of hydrogen-bond donors (Lipinski definition) is 2. The highest BCUT2D eigenvalue weighted by molar-refractivity contribution is 7.81. The zero-order chi connectivity index (χ0) is 19.6. The highest BCUT2D eigenvalue weighted by atomic mass is 32.1. The number of hydrogen-bond acceptors (Lipinski definition) is 5. The lowest BCUT2D eigenvalue weighted by Crippen LogP contribution is -2.27. The van der Waals surface area contributed by atoms with Crippen LogP contribution in [0.15, 0.2) is 48.8 Å². The van der Waals surface area contributed by atoms with Crippen molar-refractivity contribution in [3.8, 4) is 0 Å². The van der Waals surface area contributed by atoms with E-state index in [1.165, 1.54) is 0 Å². The van der Waals surface area contributed by atoms with Crippen LogP contribution in [0.1, 0.15) is 11.1 Å². The van der Waals surface area contributed by atoms with E-state index < -0.39 is 0 Å². The molecule has 27 heavy (non-hydrogen) atoms. The van der Waals surface area contributed by atoms with Crippen molar-refractivity contribution in [2.75, 3.05) is 36.6 Å².